The van der Waals surface area contributed by atoms with Crippen LogP contribution in [0.2, 0.25) is 0 Å². The molecule has 0 aromatic heterocycles. The molecule has 0 saturated carbocycles. The predicted molar refractivity (Wildman–Crippen MR) is 202 cm³/mol. The molecule has 50 heavy (non-hydrogen) atoms. The minimum Gasteiger partial charge on any atom is -0.454 e. The fourth-order valence-electron chi connectivity index (χ4n) is 5.05. The quantitative estimate of drug-likeness (QED) is 0.135. The van der Waals surface area contributed by atoms with Crippen LogP contribution in [0.15, 0.2) is 107 Å². The van der Waals surface area contributed by atoms with E-state index in [0.29, 0.717) is 12.0 Å². The number of cyclic esters (lactones) is 1. The number of carbonyl (C=O) groups excluding carboxylic acids is 3. The standard InChI is InChI=1S/C41H60N2O7/c1-29-14-12-18-36(48-8)17-11-10-16-33(5)39(34(6)23-22-32(4)26-42-40(46)38(27-44)43-28-45)50-41(47)35(7)24-30(2)20-21-31(3)25-37(49-9)19-13-15-29/h10-11,13-17,20-25,28,30,33,36-39,44H,12,18-19,26-27H2,1-9H3,(H,42,46)(H,43,45)/b15-13+,16-10?,17-11?,21-20?,29-14?,31-25?,32-22?,34-23?,35-24?. The first kappa shape index (κ1) is 44.0. The van der Waals surface area contributed by atoms with Gasteiger partial charge in [0.1, 0.15) is 12.1 Å². The largest absolute Gasteiger partial charge is 0.454 e. The Morgan fingerprint density at radius 1 is 1.00 bits per heavy atom. The van der Waals surface area contributed by atoms with Crippen molar-refractivity contribution in [2.24, 2.45) is 11.8 Å². The Hall–Kier alpha value is -4.05. The Bertz CT molecular complexity index is 1360. The van der Waals surface area contributed by atoms with Gasteiger partial charge in [0.2, 0.25) is 12.3 Å². The van der Waals surface area contributed by atoms with Crippen LogP contribution in [0.3, 0.4) is 0 Å². The van der Waals surface area contributed by atoms with Crippen molar-refractivity contribution < 1.29 is 33.7 Å². The van der Waals surface area contributed by atoms with Crippen molar-refractivity contribution in [2.75, 3.05) is 27.4 Å². The van der Waals surface area contributed by atoms with E-state index in [-0.39, 0.29) is 30.6 Å². The molecule has 0 spiro atoms. The molecule has 6 atom stereocenters. The molecule has 9 nitrogen and oxygen atoms in total. The lowest BCUT2D eigenvalue weighted by atomic mass is 9.96. The van der Waals surface area contributed by atoms with Crippen molar-refractivity contribution in [3.8, 4) is 0 Å². The molecule has 1 heterocycles. The second kappa shape index (κ2) is 25.0. The van der Waals surface area contributed by atoms with Crippen LogP contribution in [0.4, 0.5) is 0 Å². The highest BCUT2D eigenvalue weighted by Crippen LogP contribution is 2.21. The molecule has 3 N–H and O–H groups in total. The fourth-order valence-corrected chi connectivity index (χ4v) is 5.05. The van der Waals surface area contributed by atoms with Gasteiger partial charge in [-0.05, 0) is 65.4 Å². The SMILES string of the molecule is COC1C=C(C)C=CC(C)C=C(C)C(=O)OC(C(C)=CC=C(C)CNC(=O)C(CO)NC=O)C(C)C=CC=CC(OC)CCC=C(C)/C=C/C1. The minimum absolute atomic E-state index is 0.00986. The number of hydrogen-bond donors (Lipinski definition) is 3. The number of hydrogen-bond acceptors (Lipinski definition) is 7. The number of methoxy groups -OCH3 is 2. The van der Waals surface area contributed by atoms with Gasteiger partial charge in [-0.3, -0.25) is 9.59 Å². The average molecular weight is 693 g/mol. The summed E-state index contributed by atoms with van der Waals surface area (Å²) in [5.41, 5.74) is 4.42. The van der Waals surface area contributed by atoms with E-state index in [1.54, 1.807) is 21.1 Å². The summed E-state index contributed by atoms with van der Waals surface area (Å²) in [4.78, 5) is 36.3. The van der Waals surface area contributed by atoms with Gasteiger partial charge in [-0.1, -0.05) is 110 Å². The zero-order valence-electron chi connectivity index (χ0n) is 31.5. The molecule has 0 aromatic rings. The molecule has 6 unspecified atom stereocenters. The molecule has 0 aromatic carbocycles. The Morgan fingerprint density at radius 3 is 2.36 bits per heavy atom. The molecular formula is C41H60N2O7. The van der Waals surface area contributed by atoms with Crippen molar-refractivity contribution in [3.05, 3.63) is 107 Å². The number of aliphatic hydroxyl groups excluding tert-OH is 1. The summed E-state index contributed by atoms with van der Waals surface area (Å²) in [5, 5.41) is 14.3. The minimum atomic E-state index is -1.02. The van der Waals surface area contributed by atoms with Crippen molar-refractivity contribution in [3.63, 3.8) is 0 Å². The second-order valence-corrected chi connectivity index (χ2v) is 12.8. The van der Waals surface area contributed by atoms with Gasteiger partial charge >= 0.3 is 5.97 Å². The molecular weight excluding hydrogens is 632 g/mol. The third kappa shape index (κ3) is 18.1. The topological polar surface area (TPSA) is 123 Å². The molecule has 276 valence electrons. The maximum absolute atomic E-state index is 13.4. The van der Waals surface area contributed by atoms with Crippen LogP contribution in [0, 0.1) is 11.8 Å². The first-order valence-corrected chi connectivity index (χ1v) is 17.3. The first-order valence-electron chi connectivity index (χ1n) is 17.3. The third-order valence-electron chi connectivity index (χ3n) is 8.17. The Labute approximate surface area is 300 Å². The van der Waals surface area contributed by atoms with E-state index < -0.39 is 30.6 Å². The molecule has 0 saturated heterocycles. The van der Waals surface area contributed by atoms with Gasteiger partial charge in [-0.25, -0.2) is 4.79 Å². The number of ether oxygens (including phenoxy) is 3. The average Bonchev–Trinajstić information content (AvgIpc) is 3.09. The van der Waals surface area contributed by atoms with Crippen molar-refractivity contribution >= 4 is 18.3 Å². The molecule has 1 aliphatic heterocycles. The summed E-state index contributed by atoms with van der Waals surface area (Å²) in [6, 6.07) is -1.02. The second-order valence-electron chi connectivity index (χ2n) is 12.8. The lowest BCUT2D eigenvalue weighted by Crippen LogP contribution is -2.46. The summed E-state index contributed by atoms with van der Waals surface area (Å²) in [5.74, 6) is -1.06. The summed E-state index contributed by atoms with van der Waals surface area (Å²) in [6.07, 6.45) is 28.4. The highest BCUT2D eigenvalue weighted by molar-refractivity contribution is 5.88. The van der Waals surface area contributed by atoms with Crippen LogP contribution in [0.25, 0.3) is 0 Å². The number of esters is 1. The van der Waals surface area contributed by atoms with Gasteiger partial charge in [-0.2, -0.15) is 0 Å². The van der Waals surface area contributed by atoms with Crippen LogP contribution in [0.1, 0.15) is 67.7 Å². The molecule has 2 amide bonds. The first-order chi connectivity index (χ1) is 23.8. The maximum atomic E-state index is 13.4. The molecule has 1 rings (SSSR count). The Morgan fingerprint density at radius 2 is 1.70 bits per heavy atom. The van der Waals surface area contributed by atoms with E-state index in [1.165, 1.54) is 5.57 Å². The van der Waals surface area contributed by atoms with Gasteiger partial charge in [0, 0.05) is 32.3 Å². The smallest absolute Gasteiger partial charge is 0.334 e. The monoisotopic (exact) mass is 692 g/mol. The van der Waals surface area contributed by atoms with Gasteiger partial charge in [0.15, 0.2) is 0 Å². The van der Waals surface area contributed by atoms with E-state index in [9.17, 15) is 19.5 Å². The van der Waals surface area contributed by atoms with E-state index in [2.05, 4.69) is 41.9 Å². The zero-order valence-corrected chi connectivity index (χ0v) is 31.5. The number of allylic oxidation sites excluding steroid dienone is 11. The summed E-state index contributed by atoms with van der Waals surface area (Å²) < 4.78 is 17.5. The predicted octanol–water partition coefficient (Wildman–Crippen LogP) is 6.56. The van der Waals surface area contributed by atoms with Crippen LogP contribution >= 0.6 is 0 Å². The van der Waals surface area contributed by atoms with Crippen LogP contribution in [-0.2, 0) is 28.6 Å². The molecule has 1 aliphatic rings. The molecule has 0 bridgehead atoms. The molecule has 9 heteroatoms. The zero-order chi connectivity index (χ0) is 37.5. The highest BCUT2D eigenvalue weighted by Gasteiger charge is 2.22. The molecule has 0 radical (unpaired) electrons. The van der Waals surface area contributed by atoms with Gasteiger partial charge in [-0.15, -0.1) is 0 Å². The van der Waals surface area contributed by atoms with Crippen molar-refractivity contribution in [2.45, 2.75) is 92.1 Å². The van der Waals surface area contributed by atoms with E-state index in [4.69, 9.17) is 14.2 Å². The van der Waals surface area contributed by atoms with E-state index in [0.717, 1.165) is 36.0 Å². The molecule has 0 aliphatic carbocycles. The molecule has 0 fully saturated rings. The third-order valence-corrected chi connectivity index (χ3v) is 8.17. The van der Waals surface area contributed by atoms with Gasteiger partial charge in [0.05, 0.1) is 18.8 Å². The number of carbonyl (C=O) groups is 3. The fraction of sp³-hybridized carbons (Fsp3) is 0.488. The Balaban J connectivity index is 3.39. The van der Waals surface area contributed by atoms with Crippen LogP contribution in [0.5, 0.6) is 0 Å². The lowest BCUT2D eigenvalue weighted by Gasteiger charge is -2.23. The lowest BCUT2D eigenvalue weighted by molar-refractivity contribution is -0.144. The normalized spacial score (nSPS) is 25.3. The number of nitrogens with one attached hydrogen (secondary N) is 2. The summed E-state index contributed by atoms with van der Waals surface area (Å²) in [6.45, 7) is 13.4. The van der Waals surface area contributed by atoms with Crippen molar-refractivity contribution in [1.29, 1.82) is 0 Å². The van der Waals surface area contributed by atoms with Crippen LogP contribution < -0.4 is 10.6 Å². The Kier molecular flexibility index (Phi) is 22.0. The number of rotatable bonds is 10. The van der Waals surface area contributed by atoms with E-state index in [1.807, 2.05) is 89.3 Å². The van der Waals surface area contributed by atoms with Crippen LogP contribution in [-0.4, -0.2) is 75.1 Å². The number of amides is 2. The van der Waals surface area contributed by atoms with Gasteiger partial charge < -0.3 is 30.0 Å². The highest BCUT2D eigenvalue weighted by atomic mass is 16.5. The maximum Gasteiger partial charge on any atom is 0.334 e. The van der Waals surface area contributed by atoms with Gasteiger partial charge in [0.25, 0.3) is 0 Å². The summed E-state index contributed by atoms with van der Waals surface area (Å²) in [7, 11) is 3.42. The summed E-state index contributed by atoms with van der Waals surface area (Å²) >= 11 is 0. The number of aliphatic hydroxyl groups is 1. The van der Waals surface area contributed by atoms with E-state index >= 15 is 0 Å². The van der Waals surface area contributed by atoms with Crippen molar-refractivity contribution in [1.82, 2.24) is 10.6 Å².